The molecule has 0 aliphatic rings. The van der Waals surface area contributed by atoms with E-state index in [-0.39, 0.29) is 27.8 Å². The summed E-state index contributed by atoms with van der Waals surface area (Å²) < 4.78 is 43.6. The number of hydrazone groups is 1. The lowest BCUT2D eigenvalue weighted by Crippen LogP contribution is -2.39. The fraction of sp³-hybridized carbons (Fsp3) is 0.200. The monoisotopic (exact) mass is 542 g/mol. The maximum absolute atomic E-state index is 13.6. The van der Waals surface area contributed by atoms with E-state index in [2.05, 4.69) is 10.5 Å². The second-order valence-electron chi connectivity index (χ2n) is 7.84. The van der Waals surface area contributed by atoms with Crippen molar-refractivity contribution in [3.63, 3.8) is 0 Å². The maximum atomic E-state index is 13.6. The van der Waals surface area contributed by atoms with Gasteiger partial charge in [-0.05, 0) is 43.3 Å². The number of nitrogens with one attached hydrogen (secondary N) is 1. The molecule has 3 aromatic carbocycles. The van der Waals surface area contributed by atoms with Crippen LogP contribution in [0, 0.1) is 17.0 Å². The molecule has 0 radical (unpaired) electrons. The third-order valence-corrected chi connectivity index (χ3v) is 7.13. The summed E-state index contributed by atoms with van der Waals surface area (Å²) in [6, 6.07) is 14.8. The summed E-state index contributed by atoms with van der Waals surface area (Å²) in [6.45, 7) is 1.18. The summed E-state index contributed by atoms with van der Waals surface area (Å²) in [4.78, 5) is 23.4. The zero-order chi connectivity index (χ0) is 27.9. The molecule has 38 heavy (non-hydrogen) atoms. The number of benzene rings is 3. The minimum absolute atomic E-state index is 0.0252. The van der Waals surface area contributed by atoms with Gasteiger partial charge < -0.3 is 14.2 Å². The molecule has 0 saturated heterocycles. The van der Waals surface area contributed by atoms with Crippen LogP contribution in [0.4, 0.5) is 11.4 Å². The summed E-state index contributed by atoms with van der Waals surface area (Å²) >= 11 is 0. The van der Waals surface area contributed by atoms with Crippen molar-refractivity contribution in [2.45, 2.75) is 11.8 Å². The highest BCUT2D eigenvalue weighted by Crippen LogP contribution is 2.35. The van der Waals surface area contributed by atoms with Crippen molar-refractivity contribution in [1.29, 1.82) is 0 Å². The molecule has 0 atom stereocenters. The molecule has 0 aromatic heterocycles. The van der Waals surface area contributed by atoms with Crippen molar-refractivity contribution < 1.29 is 32.3 Å². The van der Waals surface area contributed by atoms with E-state index in [1.165, 1.54) is 70.0 Å². The summed E-state index contributed by atoms with van der Waals surface area (Å²) in [5, 5.41) is 15.0. The van der Waals surface area contributed by atoms with E-state index < -0.39 is 27.4 Å². The highest BCUT2D eigenvalue weighted by molar-refractivity contribution is 7.92. The quantitative estimate of drug-likeness (QED) is 0.220. The topological polar surface area (TPSA) is 150 Å². The fourth-order valence-electron chi connectivity index (χ4n) is 3.40. The Balaban J connectivity index is 1.91. The van der Waals surface area contributed by atoms with Crippen LogP contribution >= 0.6 is 0 Å². The zero-order valence-corrected chi connectivity index (χ0v) is 21.9. The Kier molecular flexibility index (Phi) is 8.86. The highest BCUT2D eigenvalue weighted by Gasteiger charge is 2.29. The molecule has 3 aromatic rings. The predicted molar refractivity (Wildman–Crippen MR) is 141 cm³/mol. The van der Waals surface area contributed by atoms with E-state index in [1.54, 1.807) is 18.2 Å². The van der Waals surface area contributed by atoms with Crippen molar-refractivity contribution in [3.8, 4) is 17.2 Å². The van der Waals surface area contributed by atoms with Gasteiger partial charge in [0.2, 0.25) is 0 Å². The van der Waals surface area contributed by atoms with Crippen LogP contribution < -0.4 is 23.9 Å². The van der Waals surface area contributed by atoms with Gasteiger partial charge in [0, 0.05) is 17.7 Å². The van der Waals surface area contributed by atoms with E-state index in [0.717, 1.165) is 9.87 Å². The van der Waals surface area contributed by atoms with Gasteiger partial charge in [0.25, 0.3) is 15.9 Å². The van der Waals surface area contributed by atoms with Gasteiger partial charge in [0.1, 0.15) is 18.0 Å². The Morgan fingerprint density at radius 1 is 1.00 bits per heavy atom. The average Bonchev–Trinajstić information content (AvgIpc) is 2.91. The lowest BCUT2D eigenvalue weighted by atomic mass is 10.2. The Labute approximate surface area is 219 Å². The van der Waals surface area contributed by atoms with Crippen LogP contribution in [0.1, 0.15) is 11.1 Å². The van der Waals surface area contributed by atoms with E-state index in [9.17, 15) is 23.3 Å². The molecule has 0 spiro atoms. The maximum Gasteiger partial charge on any atom is 0.311 e. The number of ether oxygens (including phenoxy) is 3. The molecule has 3 rings (SSSR count). The van der Waals surface area contributed by atoms with Crippen LogP contribution in [0.25, 0.3) is 0 Å². The second-order valence-corrected chi connectivity index (χ2v) is 9.71. The molecule has 1 N–H and O–H groups in total. The number of carbonyl (C=O) groups excluding carboxylic acids is 1. The normalized spacial score (nSPS) is 11.2. The first-order chi connectivity index (χ1) is 18.1. The van der Waals surface area contributed by atoms with Gasteiger partial charge in [0.15, 0.2) is 5.75 Å². The molecule has 13 heteroatoms. The average molecular weight is 543 g/mol. The van der Waals surface area contributed by atoms with Crippen molar-refractivity contribution in [3.05, 3.63) is 81.9 Å². The molecule has 0 heterocycles. The fourth-order valence-corrected chi connectivity index (χ4v) is 4.83. The molecule has 0 aliphatic carbocycles. The van der Waals surface area contributed by atoms with Gasteiger partial charge >= 0.3 is 5.69 Å². The second kappa shape index (κ2) is 12.1. The number of nitro benzene ring substituents is 1. The standard InChI is InChI=1S/C25H26N4O8S/c1-17-5-9-20(10-6-17)38(33,34)28(21-11-8-19(35-2)14-24(21)37-4)16-25(30)27-26-15-18-7-12-23(36-3)22(13-18)29(31)32/h5-15H,16H2,1-4H3,(H,27,30)/b26-15-. The Morgan fingerprint density at radius 2 is 1.68 bits per heavy atom. The SMILES string of the molecule is COc1ccc(N(CC(=O)N/N=C\c2ccc(OC)c([N+](=O)[O-])c2)S(=O)(=O)c2ccc(C)cc2)c(OC)c1. The molecule has 1 amide bonds. The van der Waals surface area contributed by atoms with Gasteiger partial charge in [-0.25, -0.2) is 13.8 Å². The Morgan fingerprint density at radius 3 is 2.29 bits per heavy atom. The van der Waals surface area contributed by atoms with Crippen molar-refractivity contribution in [1.82, 2.24) is 5.43 Å². The third kappa shape index (κ3) is 6.37. The Bertz CT molecular complexity index is 1460. The first-order valence-electron chi connectivity index (χ1n) is 11.1. The number of anilines is 1. The molecule has 0 unspecified atom stereocenters. The lowest BCUT2D eigenvalue weighted by molar-refractivity contribution is -0.385. The van der Waals surface area contributed by atoms with Gasteiger partial charge in [-0.1, -0.05) is 17.7 Å². The molecule has 0 aliphatic heterocycles. The van der Waals surface area contributed by atoms with Gasteiger partial charge in [-0.15, -0.1) is 0 Å². The van der Waals surface area contributed by atoms with E-state index in [1.807, 2.05) is 6.92 Å². The summed E-state index contributed by atoms with van der Waals surface area (Å²) in [7, 11) is -0.0722. The van der Waals surface area contributed by atoms with Crippen LogP contribution in [0.15, 0.2) is 70.7 Å². The number of methoxy groups -OCH3 is 3. The molecular weight excluding hydrogens is 516 g/mol. The predicted octanol–water partition coefficient (Wildman–Crippen LogP) is 3.27. The number of aryl methyl sites for hydroxylation is 1. The van der Waals surface area contributed by atoms with Crippen LogP contribution in [0.3, 0.4) is 0 Å². The van der Waals surface area contributed by atoms with E-state index in [4.69, 9.17) is 14.2 Å². The number of nitro groups is 1. The largest absolute Gasteiger partial charge is 0.497 e. The number of rotatable bonds is 11. The molecule has 200 valence electrons. The number of hydrogen-bond donors (Lipinski definition) is 1. The molecule has 0 saturated carbocycles. The summed E-state index contributed by atoms with van der Waals surface area (Å²) in [5.41, 5.74) is 3.28. The first kappa shape index (κ1) is 27.9. The molecule has 0 bridgehead atoms. The molecular formula is C25H26N4O8S. The zero-order valence-electron chi connectivity index (χ0n) is 21.1. The number of hydrogen-bond acceptors (Lipinski definition) is 9. The summed E-state index contributed by atoms with van der Waals surface area (Å²) in [6.07, 6.45) is 1.19. The number of carbonyl (C=O) groups is 1. The number of amides is 1. The van der Waals surface area contributed by atoms with Gasteiger partial charge in [-0.2, -0.15) is 5.10 Å². The molecule has 12 nitrogen and oxygen atoms in total. The van der Waals surface area contributed by atoms with Crippen LogP contribution in [-0.2, 0) is 14.8 Å². The van der Waals surface area contributed by atoms with Crippen molar-refractivity contribution in [2.24, 2.45) is 5.10 Å². The minimum Gasteiger partial charge on any atom is -0.497 e. The van der Waals surface area contributed by atoms with Gasteiger partial charge in [-0.3, -0.25) is 19.2 Å². The highest BCUT2D eigenvalue weighted by atomic mass is 32.2. The Hall–Kier alpha value is -4.65. The number of sulfonamides is 1. The smallest absolute Gasteiger partial charge is 0.311 e. The number of nitrogens with zero attached hydrogens (tertiary/aromatic N) is 3. The van der Waals surface area contributed by atoms with Crippen LogP contribution in [-0.4, -0.2) is 53.3 Å². The van der Waals surface area contributed by atoms with Crippen LogP contribution in [0.2, 0.25) is 0 Å². The lowest BCUT2D eigenvalue weighted by Gasteiger charge is -2.25. The molecule has 0 fully saturated rings. The third-order valence-electron chi connectivity index (χ3n) is 5.35. The van der Waals surface area contributed by atoms with E-state index in [0.29, 0.717) is 11.3 Å². The van der Waals surface area contributed by atoms with E-state index >= 15 is 0 Å². The summed E-state index contributed by atoms with van der Waals surface area (Å²) in [5.74, 6) is -0.0952. The van der Waals surface area contributed by atoms with Crippen molar-refractivity contribution in [2.75, 3.05) is 32.2 Å². The van der Waals surface area contributed by atoms with Gasteiger partial charge in [0.05, 0.1) is 43.1 Å². The van der Waals surface area contributed by atoms with Crippen LogP contribution in [0.5, 0.6) is 17.2 Å². The first-order valence-corrected chi connectivity index (χ1v) is 12.5. The van der Waals surface area contributed by atoms with Crippen molar-refractivity contribution >= 4 is 33.5 Å². The minimum atomic E-state index is -4.21.